The van der Waals surface area contributed by atoms with Gasteiger partial charge in [-0.1, -0.05) is 5.21 Å². The fourth-order valence-corrected chi connectivity index (χ4v) is 4.46. The number of rotatable bonds is 4. The average Bonchev–Trinajstić information content (AvgIpc) is 3.22. The van der Waals surface area contributed by atoms with Gasteiger partial charge in [0, 0.05) is 19.6 Å². The van der Waals surface area contributed by atoms with Crippen LogP contribution in [-0.4, -0.2) is 43.2 Å². The van der Waals surface area contributed by atoms with E-state index in [1.54, 1.807) is 31.5 Å². The van der Waals surface area contributed by atoms with Gasteiger partial charge in [-0.25, -0.2) is 9.97 Å². The van der Waals surface area contributed by atoms with E-state index < -0.39 is 5.60 Å². The molecule has 1 aliphatic heterocycles. The molecule has 0 bridgehead atoms. The first kappa shape index (κ1) is 17.4. The van der Waals surface area contributed by atoms with Gasteiger partial charge < -0.3 is 10.0 Å². The Labute approximate surface area is 156 Å². The van der Waals surface area contributed by atoms with Crippen molar-refractivity contribution in [2.45, 2.75) is 45.8 Å². The molecule has 4 heterocycles. The molecule has 0 aromatic carbocycles. The number of anilines is 1. The second-order valence-electron chi connectivity index (χ2n) is 7.64. The number of aromatic nitrogens is 5. The van der Waals surface area contributed by atoms with Gasteiger partial charge in [-0.2, -0.15) is 0 Å². The highest BCUT2D eigenvalue weighted by atomic mass is 32.1. The second-order valence-corrected chi connectivity index (χ2v) is 8.49. The van der Waals surface area contributed by atoms with E-state index in [9.17, 15) is 5.11 Å². The first-order valence-electron chi connectivity index (χ1n) is 8.98. The van der Waals surface area contributed by atoms with Crippen LogP contribution < -0.4 is 4.90 Å². The summed E-state index contributed by atoms with van der Waals surface area (Å²) < 4.78 is 1.85. The standard InChI is InChI=1S/C18H24N6OS/c1-12-10-26-17-15(12)16(19-11-20-17)23-6-4-5-13(7-23)8-24-9-14(21-22-24)18(2,3)25/h9-11,13,25H,4-8H2,1-3H3. The van der Waals surface area contributed by atoms with E-state index in [2.05, 4.69) is 37.5 Å². The minimum atomic E-state index is -0.958. The van der Waals surface area contributed by atoms with Crippen molar-refractivity contribution in [2.75, 3.05) is 18.0 Å². The van der Waals surface area contributed by atoms with Crippen LogP contribution >= 0.6 is 11.3 Å². The minimum Gasteiger partial charge on any atom is -0.384 e. The molecule has 1 atom stereocenters. The largest absolute Gasteiger partial charge is 0.384 e. The molecule has 3 aromatic heterocycles. The summed E-state index contributed by atoms with van der Waals surface area (Å²) in [6, 6.07) is 0. The molecule has 0 spiro atoms. The number of hydrogen-bond donors (Lipinski definition) is 1. The predicted molar refractivity (Wildman–Crippen MR) is 102 cm³/mol. The zero-order chi connectivity index (χ0) is 18.3. The van der Waals surface area contributed by atoms with Gasteiger partial charge in [0.1, 0.15) is 28.3 Å². The molecule has 3 aromatic rings. The molecule has 1 saturated heterocycles. The summed E-state index contributed by atoms with van der Waals surface area (Å²) in [5.74, 6) is 1.53. The number of nitrogens with zero attached hydrogens (tertiary/aromatic N) is 6. The van der Waals surface area contributed by atoms with E-state index in [-0.39, 0.29) is 0 Å². The van der Waals surface area contributed by atoms with Crippen LogP contribution in [0.15, 0.2) is 17.9 Å². The molecular weight excluding hydrogens is 348 g/mol. The molecule has 8 heteroatoms. The van der Waals surface area contributed by atoms with Gasteiger partial charge in [0.05, 0.1) is 11.6 Å². The Morgan fingerprint density at radius 3 is 2.96 bits per heavy atom. The molecule has 0 amide bonds. The molecule has 1 N–H and O–H groups in total. The lowest BCUT2D eigenvalue weighted by atomic mass is 9.97. The van der Waals surface area contributed by atoms with Gasteiger partial charge >= 0.3 is 0 Å². The lowest BCUT2D eigenvalue weighted by molar-refractivity contribution is 0.0737. The first-order valence-corrected chi connectivity index (χ1v) is 9.86. The van der Waals surface area contributed by atoms with Crippen LogP contribution in [0, 0.1) is 12.8 Å². The highest BCUT2D eigenvalue weighted by molar-refractivity contribution is 7.17. The van der Waals surface area contributed by atoms with Gasteiger partial charge in [-0.3, -0.25) is 4.68 Å². The average molecular weight is 372 g/mol. The summed E-state index contributed by atoms with van der Waals surface area (Å²) in [4.78, 5) is 12.4. The molecule has 26 heavy (non-hydrogen) atoms. The monoisotopic (exact) mass is 372 g/mol. The van der Waals surface area contributed by atoms with Crippen LogP contribution in [0.3, 0.4) is 0 Å². The van der Waals surface area contributed by atoms with Crippen LogP contribution in [0.5, 0.6) is 0 Å². The van der Waals surface area contributed by atoms with Crippen LogP contribution in [0.2, 0.25) is 0 Å². The van der Waals surface area contributed by atoms with Crippen molar-refractivity contribution >= 4 is 27.4 Å². The minimum absolute atomic E-state index is 0.476. The summed E-state index contributed by atoms with van der Waals surface area (Å²) in [6.07, 6.45) is 5.81. The van der Waals surface area contributed by atoms with Crippen molar-refractivity contribution < 1.29 is 5.11 Å². The molecule has 0 aliphatic carbocycles. The van der Waals surface area contributed by atoms with Crippen molar-refractivity contribution in [1.29, 1.82) is 0 Å². The fourth-order valence-electron chi connectivity index (χ4n) is 3.58. The van der Waals surface area contributed by atoms with Crippen molar-refractivity contribution in [1.82, 2.24) is 25.0 Å². The molecule has 4 rings (SSSR count). The summed E-state index contributed by atoms with van der Waals surface area (Å²) >= 11 is 1.68. The van der Waals surface area contributed by atoms with Gasteiger partial charge in [-0.05, 0) is 50.5 Å². The van der Waals surface area contributed by atoms with E-state index in [0.717, 1.165) is 43.1 Å². The van der Waals surface area contributed by atoms with Crippen LogP contribution in [0.4, 0.5) is 5.82 Å². The maximum Gasteiger partial charge on any atom is 0.141 e. The number of hydrogen-bond acceptors (Lipinski definition) is 7. The molecule has 7 nitrogen and oxygen atoms in total. The molecule has 138 valence electrons. The van der Waals surface area contributed by atoms with Crippen LogP contribution in [0.25, 0.3) is 10.2 Å². The van der Waals surface area contributed by atoms with E-state index in [1.165, 1.54) is 10.9 Å². The van der Waals surface area contributed by atoms with Gasteiger partial charge in [0.15, 0.2) is 0 Å². The third-order valence-corrected chi connectivity index (χ3v) is 5.97. The Morgan fingerprint density at radius 2 is 2.19 bits per heavy atom. The first-order chi connectivity index (χ1) is 12.4. The molecule has 1 unspecified atom stereocenters. The van der Waals surface area contributed by atoms with Crippen molar-refractivity contribution in [3.8, 4) is 0 Å². The third-order valence-electron chi connectivity index (χ3n) is 4.96. The van der Waals surface area contributed by atoms with E-state index in [4.69, 9.17) is 0 Å². The zero-order valence-corrected chi connectivity index (χ0v) is 16.2. The van der Waals surface area contributed by atoms with E-state index in [1.807, 2.05) is 10.9 Å². The summed E-state index contributed by atoms with van der Waals surface area (Å²) in [5, 5.41) is 21.7. The molecule has 1 aliphatic rings. The zero-order valence-electron chi connectivity index (χ0n) is 15.4. The number of fused-ring (bicyclic) bond motifs is 1. The third kappa shape index (κ3) is 3.31. The maximum atomic E-state index is 10.1. The Hall–Kier alpha value is -2.06. The Kier molecular flexibility index (Phi) is 4.40. The van der Waals surface area contributed by atoms with Crippen molar-refractivity contribution in [3.63, 3.8) is 0 Å². The SMILES string of the molecule is Cc1csc2ncnc(N3CCCC(Cn4cc(C(C)(C)O)nn4)C3)c12. The smallest absolute Gasteiger partial charge is 0.141 e. The summed E-state index contributed by atoms with van der Waals surface area (Å²) in [6.45, 7) is 8.35. The summed E-state index contributed by atoms with van der Waals surface area (Å²) in [5.41, 5.74) is 0.894. The van der Waals surface area contributed by atoms with Crippen molar-refractivity contribution in [3.05, 3.63) is 29.2 Å². The molecule has 0 radical (unpaired) electrons. The normalized spacial score (nSPS) is 18.6. The molecule has 0 saturated carbocycles. The second kappa shape index (κ2) is 6.59. The number of aryl methyl sites for hydroxylation is 1. The molecular formula is C18H24N6OS. The number of piperidine rings is 1. The Balaban J connectivity index is 1.52. The highest BCUT2D eigenvalue weighted by Crippen LogP contribution is 2.33. The Bertz CT molecular complexity index is 912. The summed E-state index contributed by atoms with van der Waals surface area (Å²) in [7, 11) is 0. The van der Waals surface area contributed by atoms with Crippen LogP contribution in [0.1, 0.15) is 37.9 Å². The van der Waals surface area contributed by atoms with E-state index >= 15 is 0 Å². The number of thiophene rings is 1. The lowest BCUT2D eigenvalue weighted by Gasteiger charge is -2.33. The van der Waals surface area contributed by atoms with E-state index in [0.29, 0.717) is 11.6 Å². The van der Waals surface area contributed by atoms with Crippen molar-refractivity contribution in [2.24, 2.45) is 5.92 Å². The number of aliphatic hydroxyl groups is 1. The molecule has 1 fully saturated rings. The highest BCUT2D eigenvalue weighted by Gasteiger charge is 2.25. The lowest BCUT2D eigenvalue weighted by Crippen LogP contribution is -2.37. The topological polar surface area (TPSA) is 80.0 Å². The van der Waals surface area contributed by atoms with Gasteiger partial charge in [0.25, 0.3) is 0 Å². The Morgan fingerprint density at radius 1 is 1.35 bits per heavy atom. The van der Waals surface area contributed by atoms with Gasteiger partial charge in [-0.15, -0.1) is 16.4 Å². The maximum absolute atomic E-state index is 10.1. The van der Waals surface area contributed by atoms with Gasteiger partial charge in [0.2, 0.25) is 0 Å². The van der Waals surface area contributed by atoms with Crippen LogP contribution in [-0.2, 0) is 12.1 Å². The quantitative estimate of drug-likeness (QED) is 0.758. The predicted octanol–water partition coefficient (Wildman–Crippen LogP) is 2.74. The fraction of sp³-hybridized carbons (Fsp3) is 0.556.